The Hall–Kier alpha value is -2.55. The molecule has 0 saturated heterocycles. The van der Waals surface area contributed by atoms with E-state index in [-0.39, 0.29) is 0 Å². The van der Waals surface area contributed by atoms with Crippen molar-refractivity contribution in [3.05, 3.63) is 102 Å². The highest BCUT2D eigenvalue weighted by molar-refractivity contribution is 6.53. The van der Waals surface area contributed by atoms with Gasteiger partial charge in [0.1, 0.15) is 5.75 Å². The van der Waals surface area contributed by atoms with Gasteiger partial charge in [-0.15, -0.1) is 0 Å². The fourth-order valence-electron chi connectivity index (χ4n) is 3.99. The van der Waals surface area contributed by atoms with Crippen LogP contribution in [0.5, 0.6) is 5.75 Å². The third-order valence-electron chi connectivity index (χ3n) is 5.98. The topological polar surface area (TPSA) is 12.5 Å². The molecule has 0 radical (unpaired) electrons. The zero-order chi connectivity index (χ0) is 23.3. The summed E-state index contributed by atoms with van der Waals surface area (Å²) < 4.78 is 6.00. The summed E-state index contributed by atoms with van der Waals surface area (Å²) in [7, 11) is 0. The van der Waals surface area contributed by atoms with Crippen molar-refractivity contribution < 1.29 is 4.74 Å². The van der Waals surface area contributed by atoms with Crippen LogP contribution in [0.4, 0.5) is 0 Å². The molecule has 0 aliphatic heterocycles. The van der Waals surface area contributed by atoms with E-state index in [0.717, 1.165) is 59.2 Å². The van der Waals surface area contributed by atoms with E-state index in [1.54, 1.807) is 0 Å². The van der Waals surface area contributed by atoms with Crippen molar-refractivity contribution in [2.75, 3.05) is 26.2 Å². The molecule has 0 aromatic heterocycles. The van der Waals surface area contributed by atoms with E-state index < -0.39 is 0 Å². The van der Waals surface area contributed by atoms with E-state index >= 15 is 0 Å². The van der Waals surface area contributed by atoms with Gasteiger partial charge in [-0.25, -0.2) is 0 Å². The zero-order valence-electron chi connectivity index (χ0n) is 20.0. The number of benzene rings is 3. The maximum absolute atomic E-state index is 6.91. The average Bonchev–Trinajstić information content (AvgIpc) is 2.88. The minimum absolute atomic E-state index is 0.750. The number of unbranched alkanes of at least 4 members (excludes halogenated alkanes) is 3. The number of rotatable bonds is 13. The van der Waals surface area contributed by atoms with Crippen molar-refractivity contribution in [3.63, 3.8) is 0 Å². The Morgan fingerprint density at radius 2 is 1.21 bits per heavy atom. The molecule has 2 nitrogen and oxygen atoms in total. The first-order valence-electron chi connectivity index (χ1n) is 12.2. The Morgan fingerprint density at radius 3 is 1.82 bits per heavy atom. The van der Waals surface area contributed by atoms with Gasteiger partial charge in [0, 0.05) is 5.57 Å². The summed E-state index contributed by atoms with van der Waals surface area (Å²) in [6.07, 6.45) is 4.84. The monoisotopic (exact) mass is 461 g/mol. The highest BCUT2D eigenvalue weighted by atomic mass is 35.5. The lowest BCUT2D eigenvalue weighted by Gasteiger charge is -2.17. The number of hydrogen-bond donors (Lipinski definition) is 0. The predicted octanol–water partition coefficient (Wildman–Crippen LogP) is 8.12. The molecule has 0 unspecified atom stereocenters. The zero-order valence-corrected chi connectivity index (χ0v) is 20.7. The first-order chi connectivity index (χ1) is 16.2. The fraction of sp³-hybridized carbons (Fsp3) is 0.333. The van der Waals surface area contributed by atoms with Crippen LogP contribution in [-0.2, 0) is 0 Å². The molecule has 33 heavy (non-hydrogen) atoms. The first kappa shape index (κ1) is 25.1. The molecule has 0 aliphatic rings. The van der Waals surface area contributed by atoms with Gasteiger partial charge in [0.2, 0.25) is 0 Å². The molecule has 3 aromatic carbocycles. The van der Waals surface area contributed by atoms with Gasteiger partial charge >= 0.3 is 0 Å². The Kier molecular flexibility index (Phi) is 10.5. The SMILES string of the molecule is CCN(CC)CCCCCCOc1ccc(C(=C(Cl)c2ccccc2)c2ccccc2)cc1. The molecule has 0 fully saturated rings. The number of nitrogens with zero attached hydrogens (tertiary/aromatic N) is 1. The van der Waals surface area contributed by atoms with Crippen LogP contribution in [0.2, 0.25) is 0 Å². The lowest BCUT2D eigenvalue weighted by molar-refractivity contribution is 0.284. The molecule has 0 spiro atoms. The normalized spacial score (nSPS) is 12.0. The molecule has 174 valence electrons. The van der Waals surface area contributed by atoms with Crippen LogP contribution in [0.15, 0.2) is 84.9 Å². The van der Waals surface area contributed by atoms with Crippen LogP contribution in [0, 0.1) is 0 Å². The Labute approximate surface area is 204 Å². The fourth-order valence-corrected chi connectivity index (χ4v) is 4.34. The predicted molar refractivity (Wildman–Crippen MR) is 143 cm³/mol. The Balaban J connectivity index is 1.60. The molecule has 0 aliphatic carbocycles. The van der Waals surface area contributed by atoms with Crippen LogP contribution in [-0.4, -0.2) is 31.1 Å². The summed E-state index contributed by atoms with van der Waals surface area (Å²) in [6, 6.07) is 28.8. The van der Waals surface area contributed by atoms with E-state index in [9.17, 15) is 0 Å². The number of halogens is 1. The summed E-state index contributed by atoms with van der Waals surface area (Å²) in [5, 5.41) is 0.750. The van der Waals surface area contributed by atoms with Gasteiger partial charge in [-0.1, -0.05) is 111 Å². The molecule has 0 heterocycles. The summed E-state index contributed by atoms with van der Waals surface area (Å²) in [4.78, 5) is 2.49. The second kappa shape index (κ2) is 13.9. The molecule has 3 heteroatoms. The van der Waals surface area contributed by atoms with E-state index in [0.29, 0.717) is 0 Å². The van der Waals surface area contributed by atoms with Gasteiger partial charge in [0.15, 0.2) is 0 Å². The first-order valence-corrected chi connectivity index (χ1v) is 12.6. The van der Waals surface area contributed by atoms with Gasteiger partial charge in [-0.05, 0) is 61.3 Å². The summed E-state index contributed by atoms with van der Waals surface area (Å²) >= 11 is 6.91. The molecule has 0 saturated carbocycles. The van der Waals surface area contributed by atoms with E-state index in [2.05, 4.69) is 43.0 Å². The van der Waals surface area contributed by atoms with Gasteiger partial charge < -0.3 is 9.64 Å². The smallest absolute Gasteiger partial charge is 0.119 e. The van der Waals surface area contributed by atoms with Gasteiger partial charge in [0.25, 0.3) is 0 Å². The minimum atomic E-state index is 0.750. The van der Waals surface area contributed by atoms with Crippen LogP contribution in [0.3, 0.4) is 0 Å². The largest absolute Gasteiger partial charge is 0.494 e. The van der Waals surface area contributed by atoms with Crippen molar-refractivity contribution in [2.45, 2.75) is 39.5 Å². The number of ether oxygens (including phenoxy) is 1. The molecule has 0 bridgehead atoms. The van der Waals surface area contributed by atoms with Crippen molar-refractivity contribution >= 4 is 22.2 Å². The third-order valence-corrected chi connectivity index (χ3v) is 6.39. The highest BCUT2D eigenvalue weighted by Gasteiger charge is 2.12. The lowest BCUT2D eigenvalue weighted by Crippen LogP contribution is -2.23. The standard InChI is InChI=1S/C30H36ClNO/c1-3-32(4-2)23-13-5-6-14-24-33-28-21-19-26(20-22-28)29(25-15-9-7-10-16-25)30(31)27-17-11-8-12-18-27/h7-12,15-22H,3-6,13-14,23-24H2,1-2H3. The van der Waals surface area contributed by atoms with Crippen molar-refractivity contribution in [2.24, 2.45) is 0 Å². The van der Waals surface area contributed by atoms with E-state index in [1.807, 2.05) is 60.7 Å². The summed E-state index contributed by atoms with van der Waals surface area (Å²) in [6.45, 7) is 8.73. The van der Waals surface area contributed by atoms with Gasteiger partial charge in [-0.3, -0.25) is 0 Å². The Bertz CT molecular complexity index is 963. The van der Waals surface area contributed by atoms with E-state index in [4.69, 9.17) is 16.3 Å². The molecular weight excluding hydrogens is 426 g/mol. The molecule has 0 atom stereocenters. The third kappa shape index (κ3) is 7.77. The lowest BCUT2D eigenvalue weighted by atomic mass is 9.95. The molecule has 3 aromatic rings. The quantitative estimate of drug-likeness (QED) is 0.188. The second-order valence-corrected chi connectivity index (χ2v) is 8.61. The maximum atomic E-state index is 6.91. The molecular formula is C30H36ClNO. The van der Waals surface area contributed by atoms with Crippen LogP contribution in [0.1, 0.15) is 56.2 Å². The Morgan fingerprint density at radius 1 is 0.667 bits per heavy atom. The van der Waals surface area contributed by atoms with Crippen LogP contribution >= 0.6 is 11.6 Å². The van der Waals surface area contributed by atoms with Crippen molar-refractivity contribution in [3.8, 4) is 5.75 Å². The highest BCUT2D eigenvalue weighted by Crippen LogP contribution is 2.35. The minimum Gasteiger partial charge on any atom is -0.494 e. The molecule has 0 amide bonds. The molecule has 0 N–H and O–H groups in total. The second-order valence-electron chi connectivity index (χ2n) is 8.23. The average molecular weight is 462 g/mol. The number of hydrogen-bond acceptors (Lipinski definition) is 2. The summed E-state index contributed by atoms with van der Waals surface area (Å²) in [5.74, 6) is 0.908. The maximum Gasteiger partial charge on any atom is 0.119 e. The van der Waals surface area contributed by atoms with Crippen molar-refractivity contribution in [1.82, 2.24) is 4.90 Å². The van der Waals surface area contributed by atoms with Crippen LogP contribution in [0.25, 0.3) is 10.6 Å². The summed E-state index contributed by atoms with van der Waals surface area (Å²) in [5.41, 5.74) is 4.23. The van der Waals surface area contributed by atoms with Crippen molar-refractivity contribution in [1.29, 1.82) is 0 Å². The van der Waals surface area contributed by atoms with Gasteiger partial charge in [0.05, 0.1) is 11.6 Å². The van der Waals surface area contributed by atoms with Crippen LogP contribution < -0.4 is 4.74 Å². The molecule has 3 rings (SSSR count). The van der Waals surface area contributed by atoms with E-state index in [1.165, 1.54) is 25.8 Å². The van der Waals surface area contributed by atoms with Gasteiger partial charge in [-0.2, -0.15) is 0 Å².